The molecule has 140 valence electrons. The van der Waals surface area contributed by atoms with Crippen LogP contribution < -0.4 is 10.1 Å². The number of hydrogen-bond donors (Lipinski definition) is 1. The molecule has 1 N–H and O–H groups in total. The third-order valence-electron chi connectivity index (χ3n) is 3.83. The van der Waals surface area contributed by atoms with Crippen LogP contribution in [0.25, 0.3) is 10.6 Å². The molecule has 0 saturated carbocycles. The maximum absolute atomic E-state index is 12.7. The van der Waals surface area contributed by atoms with Gasteiger partial charge in [-0.05, 0) is 38.5 Å². The Hall–Kier alpha value is -2.32. The van der Waals surface area contributed by atoms with Crippen molar-refractivity contribution in [1.29, 1.82) is 0 Å². The first-order chi connectivity index (χ1) is 12.9. The number of ether oxygens (including phenoxy) is 1. The molecule has 0 unspecified atom stereocenters. The lowest BCUT2D eigenvalue weighted by atomic mass is 9.94. The second kappa shape index (κ2) is 8.14. The van der Waals surface area contributed by atoms with Crippen LogP contribution in [0.2, 0.25) is 0 Å². The summed E-state index contributed by atoms with van der Waals surface area (Å²) >= 11 is 4.74. The van der Waals surface area contributed by atoms with E-state index in [2.05, 4.69) is 36.2 Å². The van der Waals surface area contributed by atoms with Crippen molar-refractivity contribution in [2.24, 2.45) is 0 Å². The Morgan fingerprint density at radius 3 is 2.85 bits per heavy atom. The van der Waals surface area contributed by atoms with E-state index in [0.29, 0.717) is 23.2 Å². The summed E-state index contributed by atoms with van der Waals surface area (Å²) in [6.45, 7) is 6.31. The number of carbonyl (C=O) groups excluding carboxylic acids is 1. The van der Waals surface area contributed by atoms with Crippen molar-refractivity contribution in [3.8, 4) is 16.5 Å². The maximum atomic E-state index is 12.7. The molecule has 3 rings (SSSR count). The highest BCUT2D eigenvalue weighted by Crippen LogP contribution is 2.27. The summed E-state index contributed by atoms with van der Waals surface area (Å²) in [5.74, 6) is 0.218. The van der Waals surface area contributed by atoms with Gasteiger partial charge in [-0.15, -0.1) is 11.3 Å². The lowest BCUT2D eigenvalue weighted by molar-refractivity contribution is 0.0911. The molecule has 1 aromatic carbocycles. The van der Waals surface area contributed by atoms with Crippen molar-refractivity contribution in [3.05, 3.63) is 57.9 Å². The zero-order valence-corrected chi connectivity index (χ0v) is 17.6. The minimum Gasteiger partial charge on any atom is -0.477 e. The molecule has 0 bridgehead atoms. The number of rotatable bonds is 6. The summed E-state index contributed by atoms with van der Waals surface area (Å²) < 4.78 is 6.34. The fourth-order valence-electron chi connectivity index (χ4n) is 2.47. The van der Waals surface area contributed by atoms with Gasteiger partial charge in [-0.25, -0.2) is 9.97 Å². The fourth-order valence-corrected chi connectivity index (χ4v) is 3.63. The molecule has 2 heterocycles. The standard InChI is InChI=1S/C19H19BrN4O2S/c1-4-26-16-11-21-9-14(23-16)15-10-22-18(27-15)17(25)24-19(2,3)12-6-5-7-13(20)8-12/h5-11H,4H2,1-3H3,(H,24,25). The Balaban J connectivity index is 1.78. The highest BCUT2D eigenvalue weighted by atomic mass is 79.9. The van der Waals surface area contributed by atoms with Gasteiger partial charge in [0.15, 0.2) is 5.01 Å². The van der Waals surface area contributed by atoms with Crippen LogP contribution in [0.1, 0.15) is 36.1 Å². The van der Waals surface area contributed by atoms with Gasteiger partial charge in [-0.3, -0.25) is 9.78 Å². The van der Waals surface area contributed by atoms with Crippen LogP contribution in [-0.2, 0) is 5.54 Å². The van der Waals surface area contributed by atoms with Gasteiger partial charge in [-0.2, -0.15) is 0 Å². The number of carbonyl (C=O) groups is 1. The summed E-state index contributed by atoms with van der Waals surface area (Å²) in [5.41, 5.74) is 1.09. The van der Waals surface area contributed by atoms with E-state index in [4.69, 9.17) is 4.74 Å². The van der Waals surface area contributed by atoms with E-state index in [9.17, 15) is 4.79 Å². The maximum Gasteiger partial charge on any atom is 0.280 e. The monoisotopic (exact) mass is 446 g/mol. The molecule has 0 aliphatic heterocycles. The van der Waals surface area contributed by atoms with Crippen molar-refractivity contribution in [2.45, 2.75) is 26.3 Å². The van der Waals surface area contributed by atoms with Crippen LogP contribution in [0.5, 0.6) is 5.88 Å². The molecule has 0 aliphatic carbocycles. The van der Waals surface area contributed by atoms with E-state index in [0.717, 1.165) is 14.9 Å². The quantitative estimate of drug-likeness (QED) is 0.605. The zero-order valence-electron chi connectivity index (χ0n) is 15.2. The second-order valence-corrected chi connectivity index (χ2v) is 8.24. The molecule has 3 aromatic rings. The third-order valence-corrected chi connectivity index (χ3v) is 5.34. The molecule has 2 aromatic heterocycles. The van der Waals surface area contributed by atoms with Crippen LogP contribution >= 0.6 is 27.3 Å². The Morgan fingerprint density at radius 2 is 2.11 bits per heavy atom. The molecule has 0 atom stereocenters. The summed E-state index contributed by atoms with van der Waals surface area (Å²) in [7, 11) is 0. The highest BCUT2D eigenvalue weighted by Gasteiger charge is 2.25. The SMILES string of the molecule is CCOc1cncc(-c2cnc(C(=O)NC(C)(C)c3cccc(Br)c3)s2)n1. The van der Waals surface area contributed by atoms with Gasteiger partial charge in [0.2, 0.25) is 5.88 Å². The Labute approximate surface area is 170 Å². The number of hydrogen-bond acceptors (Lipinski definition) is 6. The minimum atomic E-state index is -0.540. The number of benzene rings is 1. The number of aromatic nitrogens is 3. The van der Waals surface area contributed by atoms with Gasteiger partial charge in [-0.1, -0.05) is 28.1 Å². The van der Waals surface area contributed by atoms with E-state index < -0.39 is 5.54 Å². The van der Waals surface area contributed by atoms with Crippen molar-refractivity contribution < 1.29 is 9.53 Å². The zero-order chi connectivity index (χ0) is 19.4. The van der Waals surface area contributed by atoms with Gasteiger partial charge in [0.25, 0.3) is 5.91 Å². The first kappa shape index (κ1) is 19.4. The average molecular weight is 447 g/mol. The Morgan fingerprint density at radius 1 is 1.30 bits per heavy atom. The van der Waals surface area contributed by atoms with Crippen molar-refractivity contribution in [3.63, 3.8) is 0 Å². The van der Waals surface area contributed by atoms with Gasteiger partial charge in [0.1, 0.15) is 5.69 Å². The Bertz CT molecular complexity index is 958. The molecule has 0 aliphatic rings. The van der Waals surface area contributed by atoms with Crippen LogP contribution in [-0.4, -0.2) is 27.5 Å². The average Bonchev–Trinajstić information content (AvgIpc) is 3.12. The molecule has 8 heteroatoms. The van der Waals surface area contributed by atoms with Crippen LogP contribution in [0.15, 0.2) is 47.3 Å². The molecule has 1 amide bonds. The molecular weight excluding hydrogens is 428 g/mol. The van der Waals surface area contributed by atoms with E-state index in [1.165, 1.54) is 11.3 Å². The van der Waals surface area contributed by atoms with E-state index in [-0.39, 0.29) is 5.91 Å². The number of amides is 1. The lowest BCUT2D eigenvalue weighted by Crippen LogP contribution is -2.40. The minimum absolute atomic E-state index is 0.231. The van der Waals surface area contributed by atoms with Crippen LogP contribution in [0, 0.1) is 0 Å². The molecule has 27 heavy (non-hydrogen) atoms. The molecule has 0 radical (unpaired) electrons. The molecule has 0 saturated heterocycles. The predicted octanol–water partition coefficient (Wildman–Crippen LogP) is 4.43. The number of nitrogens with zero attached hydrogens (tertiary/aromatic N) is 3. The summed E-state index contributed by atoms with van der Waals surface area (Å²) in [5, 5.41) is 3.41. The third kappa shape index (κ3) is 4.70. The topological polar surface area (TPSA) is 77.0 Å². The van der Waals surface area contributed by atoms with Crippen LogP contribution in [0.3, 0.4) is 0 Å². The van der Waals surface area contributed by atoms with Crippen molar-refractivity contribution >= 4 is 33.2 Å². The van der Waals surface area contributed by atoms with Gasteiger partial charge in [0, 0.05) is 10.7 Å². The largest absolute Gasteiger partial charge is 0.477 e. The number of halogens is 1. The summed E-state index contributed by atoms with van der Waals surface area (Å²) in [6, 6.07) is 7.86. The number of thiazole rings is 1. The van der Waals surface area contributed by atoms with Crippen molar-refractivity contribution in [2.75, 3.05) is 6.61 Å². The van der Waals surface area contributed by atoms with E-state index in [1.807, 2.05) is 45.0 Å². The predicted molar refractivity (Wildman–Crippen MR) is 109 cm³/mol. The highest BCUT2D eigenvalue weighted by molar-refractivity contribution is 9.10. The Kier molecular flexibility index (Phi) is 5.86. The van der Waals surface area contributed by atoms with E-state index in [1.54, 1.807) is 18.6 Å². The lowest BCUT2D eigenvalue weighted by Gasteiger charge is -2.26. The van der Waals surface area contributed by atoms with Gasteiger partial charge in [0.05, 0.1) is 29.4 Å². The normalized spacial score (nSPS) is 11.3. The first-order valence-electron chi connectivity index (χ1n) is 8.38. The summed E-state index contributed by atoms with van der Waals surface area (Å²) in [4.78, 5) is 26.2. The first-order valence-corrected chi connectivity index (χ1v) is 9.99. The molecule has 6 nitrogen and oxygen atoms in total. The molecule has 0 fully saturated rings. The summed E-state index contributed by atoms with van der Waals surface area (Å²) in [6.07, 6.45) is 4.82. The second-order valence-electron chi connectivity index (χ2n) is 6.29. The fraction of sp³-hybridized carbons (Fsp3) is 0.263. The molecule has 0 spiro atoms. The van der Waals surface area contributed by atoms with Crippen LogP contribution in [0.4, 0.5) is 0 Å². The van der Waals surface area contributed by atoms with Gasteiger partial charge >= 0.3 is 0 Å². The number of nitrogens with one attached hydrogen (secondary N) is 1. The van der Waals surface area contributed by atoms with Gasteiger partial charge < -0.3 is 10.1 Å². The molecular formula is C19H19BrN4O2S. The van der Waals surface area contributed by atoms with Crippen molar-refractivity contribution in [1.82, 2.24) is 20.3 Å². The smallest absolute Gasteiger partial charge is 0.280 e. The van der Waals surface area contributed by atoms with E-state index >= 15 is 0 Å².